The van der Waals surface area contributed by atoms with Crippen molar-refractivity contribution in [2.75, 3.05) is 66.7 Å². The number of aliphatic hydroxyl groups excluding tert-OH is 4. The first-order valence-electron chi connectivity index (χ1n) is 25.6. The zero-order valence-corrected chi connectivity index (χ0v) is 45.2. The third kappa shape index (κ3) is 17.5. The monoisotopic (exact) mass is 1220 g/mol. The molecule has 0 radical (unpaired) electrons. The van der Waals surface area contributed by atoms with Gasteiger partial charge in [0.05, 0.1) is 72.8 Å². The van der Waals surface area contributed by atoms with Gasteiger partial charge < -0.3 is 60.1 Å². The lowest BCUT2D eigenvalue weighted by Gasteiger charge is -2.42. The van der Waals surface area contributed by atoms with E-state index in [4.69, 9.17) is 19.7 Å². The molecule has 0 spiro atoms. The SMILES string of the molecule is Cc1cc(F)ccc1[C@H]1C[C@@H](OC(=O)NCCO)CCN1C(=O)N(C)[C@@H](CO)c1cc(C(F)(F)F)cc(C(F)(F)F)c1.Cc1cc(F)ccc1[C@H]1C[C@@H](OC(=O)NCCO)CCN1C(=O)N(C)[C@H](CO)c1cc(C(F)(F)F)cc(C(F)(F)F)c1. The number of ether oxygens (including phenoxy) is 2. The lowest BCUT2D eigenvalue weighted by molar-refractivity contribution is -0.144. The molecule has 2 saturated heterocycles. The summed E-state index contributed by atoms with van der Waals surface area (Å²) in [5.41, 5.74) is -5.70. The third-order valence-electron chi connectivity index (χ3n) is 14.0. The van der Waals surface area contributed by atoms with Gasteiger partial charge in [-0.15, -0.1) is 0 Å². The van der Waals surface area contributed by atoms with Crippen LogP contribution in [0.1, 0.15) is 105 Å². The maximum atomic E-state index is 13.9. The van der Waals surface area contributed by atoms with E-state index in [9.17, 15) is 90.9 Å². The molecule has 84 heavy (non-hydrogen) atoms. The van der Waals surface area contributed by atoms with E-state index in [1.165, 1.54) is 34.1 Å². The van der Waals surface area contributed by atoms with Crippen molar-refractivity contribution in [1.82, 2.24) is 30.2 Å². The molecule has 464 valence electrons. The number of carbonyl (C=O) groups excluding carboxylic acids is 4. The average Bonchev–Trinajstić information content (AvgIpc) is 1.54. The number of hydrogen-bond acceptors (Lipinski definition) is 10. The van der Waals surface area contributed by atoms with Gasteiger partial charge in [-0.2, -0.15) is 52.7 Å². The summed E-state index contributed by atoms with van der Waals surface area (Å²) in [6.07, 6.45) is -23.3. The number of alkyl halides is 12. The van der Waals surface area contributed by atoms with Crippen LogP contribution in [0.15, 0.2) is 72.8 Å². The Kier molecular flexibility index (Phi) is 22.6. The van der Waals surface area contributed by atoms with Crippen molar-refractivity contribution in [2.45, 2.75) is 101 Å². The van der Waals surface area contributed by atoms with Crippen LogP contribution in [0, 0.1) is 25.5 Å². The number of piperidine rings is 2. The topological polar surface area (TPSA) is 205 Å². The maximum absolute atomic E-state index is 13.9. The standard InChI is InChI=1S/2C27H30F7N3O5/c2*1-15-9-19(28)3-4-21(15)22-13-20(42-24(40)35-6-8-38)5-7-37(22)25(41)36(2)23(14-39)16-10-17(26(29,30)31)12-18(11-16)27(32,33)34/h2*3-4,9-12,20,22-23,38-39H,5-8,13-14H2,1-2H3,(H,35,40)/t20-,22+,23+;20-,22+,23-/m00/s1. The first-order chi connectivity index (χ1) is 39.1. The molecule has 16 nitrogen and oxygen atoms in total. The molecule has 2 heterocycles. The molecule has 0 unspecified atom stereocenters. The van der Waals surface area contributed by atoms with Crippen LogP contribution in [0.2, 0.25) is 0 Å². The van der Waals surface area contributed by atoms with Crippen molar-refractivity contribution in [1.29, 1.82) is 0 Å². The van der Waals surface area contributed by atoms with Crippen LogP contribution in [0.4, 0.5) is 80.6 Å². The highest BCUT2D eigenvalue weighted by Crippen LogP contribution is 2.43. The van der Waals surface area contributed by atoms with Crippen molar-refractivity contribution in [3.8, 4) is 0 Å². The number of nitrogens with one attached hydrogen (secondary N) is 2. The minimum atomic E-state index is -5.13. The quantitative estimate of drug-likeness (QED) is 0.0659. The molecule has 0 bridgehead atoms. The number of likely N-dealkylation sites (N-methyl/N-ethyl adjacent to an activating group) is 2. The van der Waals surface area contributed by atoms with Crippen molar-refractivity contribution in [3.63, 3.8) is 0 Å². The van der Waals surface area contributed by atoms with E-state index in [1.807, 2.05) is 0 Å². The van der Waals surface area contributed by atoms with Gasteiger partial charge in [0.25, 0.3) is 0 Å². The molecule has 6 N–H and O–H groups in total. The molecular weight excluding hydrogens is 1160 g/mol. The number of halogens is 14. The van der Waals surface area contributed by atoms with Crippen molar-refractivity contribution >= 4 is 24.2 Å². The summed E-state index contributed by atoms with van der Waals surface area (Å²) >= 11 is 0. The third-order valence-corrected chi connectivity index (χ3v) is 14.0. The molecule has 2 aliphatic rings. The van der Waals surface area contributed by atoms with Crippen LogP contribution >= 0.6 is 0 Å². The van der Waals surface area contributed by atoms with Crippen molar-refractivity contribution < 1.29 is 111 Å². The van der Waals surface area contributed by atoms with E-state index in [1.54, 1.807) is 13.8 Å². The molecule has 0 aromatic heterocycles. The number of amides is 6. The molecule has 6 rings (SSSR count). The van der Waals surface area contributed by atoms with Crippen LogP contribution in [0.3, 0.4) is 0 Å². The molecule has 0 saturated carbocycles. The Labute approximate surface area is 471 Å². The highest BCUT2D eigenvalue weighted by Gasteiger charge is 2.43. The molecule has 2 aliphatic heterocycles. The number of aryl methyl sites for hydroxylation is 2. The normalized spacial score (nSPS) is 18.4. The summed E-state index contributed by atoms with van der Waals surface area (Å²) in [6.45, 7) is 0.293. The Hall–Kier alpha value is -7.18. The first-order valence-corrected chi connectivity index (χ1v) is 25.6. The number of nitrogens with zero attached hydrogens (tertiary/aromatic N) is 4. The van der Waals surface area contributed by atoms with Crippen molar-refractivity contribution in [2.24, 2.45) is 0 Å². The lowest BCUT2D eigenvalue weighted by Crippen LogP contribution is -2.50. The summed E-state index contributed by atoms with van der Waals surface area (Å²) in [7, 11) is 2.27. The highest BCUT2D eigenvalue weighted by atomic mass is 19.4. The summed E-state index contributed by atoms with van der Waals surface area (Å²) < 4.78 is 200. The van der Waals surface area contributed by atoms with Gasteiger partial charge in [0.2, 0.25) is 0 Å². The summed E-state index contributed by atoms with van der Waals surface area (Å²) in [4.78, 5) is 55.9. The molecule has 6 atom stereocenters. The van der Waals surface area contributed by atoms with Crippen LogP contribution in [-0.2, 0) is 34.2 Å². The van der Waals surface area contributed by atoms with E-state index in [0.29, 0.717) is 46.5 Å². The number of hydrogen-bond donors (Lipinski definition) is 6. The Morgan fingerprint density at radius 1 is 0.536 bits per heavy atom. The van der Waals surface area contributed by atoms with Gasteiger partial charge in [0.1, 0.15) is 23.8 Å². The van der Waals surface area contributed by atoms with Crippen LogP contribution in [-0.4, -0.2) is 143 Å². The van der Waals surface area contributed by atoms with E-state index >= 15 is 0 Å². The Morgan fingerprint density at radius 2 is 0.845 bits per heavy atom. The summed E-state index contributed by atoms with van der Waals surface area (Å²) in [5.74, 6) is -1.10. The summed E-state index contributed by atoms with van der Waals surface area (Å²) in [6, 6.07) is 2.80. The fourth-order valence-corrected chi connectivity index (χ4v) is 9.77. The minimum absolute atomic E-state index is 0.0319. The zero-order valence-electron chi connectivity index (χ0n) is 45.2. The number of carbonyl (C=O) groups is 4. The second-order valence-corrected chi connectivity index (χ2v) is 19.7. The van der Waals surface area contributed by atoms with Gasteiger partial charge in [-0.05, 0) is 108 Å². The van der Waals surface area contributed by atoms with Gasteiger partial charge in [0.15, 0.2) is 0 Å². The Morgan fingerprint density at radius 3 is 1.11 bits per heavy atom. The molecule has 2 fully saturated rings. The fourth-order valence-electron chi connectivity index (χ4n) is 9.77. The molecule has 6 amide bonds. The van der Waals surface area contributed by atoms with Crippen molar-refractivity contribution in [3.05, 3.63) is 140 Å². The number of alkyl carbamates (subject to hydrolysis) is 2. The lowest BCUT2D eigenvalue weighted by atomic mass is 9.90. The number of aliphatic hydroxyl groups is 4. The van der Waals surface area contributed by atoms with Gasteiger partial charge in [-0.3, -0.25) is 0 Å². The van der Waals surface area contributed by atoms with E-state index < -0.39 is 144 Å². The second kappa shape index (κ2) is 28.1. The predicted molar refractivity (Wildman–Crippen MR) is 269 cm³/mol. The average molecular weight is 1220 g/mol. The highest BCUT2D eigenvalue weighted by molar-refractivity contribution is 5.77. The summed E-state index contributed by atoms with van der Waals surface area (Å²) in [5, 5.41) is 42.6. The smallest absolute Gasteiger partial charge is 0.416 e. The Balaban J connectivity index is 0.000000307. The maximum Gasteiger partial charge on any atom is 0.416 e. The Bertz CT molecular complexity index is 2670. The van der Waals surface area contributed by atoms with Gasteiger partial charge in [0, 0.05) is 66.0 Å². The van der Waals surface area contributed by atoms with Gasteiger partial charge >= 0.3 is 49.0 Å². The van der Waals surface area contributed by atoms with E-state index in [0.717, 1.165) is 36.0 Å². The second-order valence-electron chi connectivity index (χ2n) is 19.7. The van der Waals surface area contributed by atoms with Crippen LogP contribution < -0.4 is 10.6 Å². The first kappa shape index (κ1) is 67.6. The molecule has 0 aliphatic carbocycles. The number of rotatable bonds is 14. The fraction of sp³-hybridized carbons (Fsp3) is 0.481. The minimum Gasteiger partial charge on any atom is -0.446 e. The molecule has 4 aromatic rings. The van der Waals surface area contributed by atoms with Crippen LogP contribution in [0.25, 0.3) is 0 Å². The largest absolute Gasteiger partial charge is 0.446 e. The number of likely N-dealkylation sites (tertiary alicyclic amines) is 2. The van der Waals surface area contributed by atoms with Crippen LogP contribution in [0.5, 0.6) is 0 Å². The molecule has 4 aromatic carbocycles. The zero-order chi connectivity index (χ0) is 62.8. The number of urea groups is 2. The van der Waals surface area contributed by atoms with Gasteiger partial charge in [-0.25, -0.2) is 28.0 Å². The van der Waals surface area contributed by atoms with E-state index in [-0.39, 0.29) is 77.2 Å². The van der Waals surface area contributed by atoms with Gasteiger partial charge in [-0.1, -0.05) is 12.1 Å². The molecular formula is C54H60F14N6O10. The predicted octanol–water partition coefficient (Wildman–Crippen LogP) is 10.4. The van der Waals surface area contributed by atoms with E-state index in [2.05, 4.69) is 10.6 Å². The molecule has 30 heteroatoms. The number of benzene rings is 4.